The zero-order valence-corrected chi connectivity index (χ0v) is 16.9. The second-order valence-corrected chi connectivity index (χ2v) is 8.26. The maximum Gasteiger partial charge on any atom is 0.326 e. The molecule has 1 aliphatic rings. The number of unbranched alkanes of at least 4 members (excludes halogenated alkanes) is 1. The number of carbonyl (C=O) groups excluding carboxylic acids is 1. The minimum absolute atomic E-state index is 0.0325. The number of hydrogen-bond donors (Lipinski definition) is 1. The van der Waals surface area contributed by atoms with E-state index in [9.17, 15) is 14.7 Å². The normalized spacial score (nSPS) is 18.0. The second-order valence-electron chi connectivity index (χ2n) is 8.26. The van der Waals surface area contributed by atoms with Gasteiger partial charge in [-0.3, -0.25) is 4.79 Å². The van der Waals surface area contributed by atoms with Gasteiger partial charge in [0.1, 0.15) is 6.04 Å². The Morgan fingerprint density at radius 1 is 1.11 bits per heavy atom. The molecule has 0 saturated carbocycles. The van der Waals surface area contributed by atoms with Crippen molar-refractivity contribution in [3.8, 4) is 0 Å². The molecule has 4 heteroatoms. The zero-order chi connectivity index (χ0) is 20.1. The van der Waals surface area contributed by atoms with Crippen molar-refractivity contribution >= 4 is 22.6 Å². The molecule has 2 aromatic carbocycles. The topological polar surface area (TPSA) is 57.6 Å². The molecule has 1 unspecified atom stereocenters. The number of amides is 1. The number of nitrogens with zero attached hydrogens (tertiary/aromatic N) is 1. The minimum atomic E-state index is -0.871. The average molecular weight is 382 g/mol. The van der Waals surface area contributed by atoms with Gasteiger partial charge in [0.05, 0.1) is 0 Å². The predicted octanol–water partition coefficient (Wildman–Crippen LogP) is 4.90. The third-order valence-electron chi connectivity index (χ3n) is 6.03. The van der Waals surface area contributed by atoms with Gasteiger partial charge < -0.3 is 10.0 Å². The lowest BCUT2D eigenvalue weighted by molar-refractivity contribution is -0.150. The number of benzene rings is 2. The summed E-state index contributed by atoms with van der Waals surface area (Å²) in [5.74, 6) is -0.707. The van der Waals surface area contributed by atoms with Gasteiger partial charge >= 0.3 is 5.97 Å². The second kappa shape index (κ2) is 9.22. The van der Waals surface area contributed by atoms with Crippen LogP contribution >= 0.6 is 0 Å². The summed E-state index contributed by atoms with van der Waals surface area (Å²) >= 11 is 0. The van der Waals surface area contributed by atoms with Crippen molar-refractivity contribution in [2.75, 3.05) is 6.54 Å². The Balaban J connectivity index is 1.58. The third-order valence-corrected chi connectivity index (χ3v) is 6.03. The summed E-state index contributed by atoms with van der Waals surface area (Å²) in [6.45, 7) is 4.72. The average Bonchev–Trinajstić information content (AvgIpc) is 3.17. The molecule has 0 aromatic heterocycles. The number of carboxylic acid groups (broad SMARTS) is 1. The smallest absolute Gasteiger partial charge is 0.326 e. The van der Waals surface area contributed by atoms with Gasteiger partial charge in [0.25, 0.3) is 0 Å². The lowest BCUT2D eigenvalue weighted by Gasteiger charge is -2.29. The quantitative estimate of drug-likeness (QED) is 0.662. The molecule has 1 fully saturated rings. The molecule has 4 nitrogen and oxygen atoms in total. The van der Waals surface area contributed by atoms with E-state index < -0.39 is 12.0 Å². The van der Waals surface area contributed by atoms with Gasteiger partial charge in [-0.1, -0.05) is 62.7 Å². The first-order valence-electron chi connectivity index (χ1n) is 10.5. The van der Waals surface area contributed by atoms with Gasteiger partial charge in [-0.15, -0.1) is 0 Å². The first-order chi connectivity index (χ1) is 13.5. The number of likely N-dealkylation sites (tertiary alicyclic amines) is 1. The van der Waals surface area contributed by atoms with Crippen LogP contribution in [-0.4, -0.2) is 34.5 Å². The van der Waals surface area contributed by atoms with E-state index >= 15 is 0 Å². The van der Waals surface area contributed by atoms with Crippen LogP contribution in [0.1, 0.15) is 51.5 Å². The Labute approximate surface area is 167 Å². The molecular formula is C24H31NO3. The lowest BCUT2D eigenvalue weighted by atomic mass is 9.88. The van der Waals surface area contributed by atoms with Crippen molar-refractivity contribution in [2.24, 2.45) is 11.8 Å². The molecule has 150 valence electrons. The highest BCUT2D eigenvalue weighted by Gasteiger charge is 2.37. The monoisotopic (exact) mass is 381 g/mol. The number of aryl methyl sites for hydroxylation is 1. The lowest BCUT2D eigenvalue weighted by Crippen LogP contribution is -2.44. The fourth-order valence-electron chi connectivity index (χ4n) is 4.43. The molecule has 1 heterocycles. The molecule has 2 aromatic rings. The molecule has 0 bridgehead atoms. The maximum absolute atomic E-state index is 13.0. The van der Waals surface area contributed by atoms with Crippen LogP contribution in [0.25, 0.3) is 10.8 Å². The van der Waals surface area contributed by atoms with Gasteiger partial charge in [0, 0.05) is 12.5 Å². The van der Waals surface area contributed by atoms with E-state index in [0.29, 0.717) is 13.0 Å². The van der Waals surface area contributed by atoms with Crippen LogP contribution in [0.2, 0.25) is 0 Å². The van der Waals surface area contributed by atoms with Gasteiger partial charge in [-0.25, -0.2) is 4.79 Å². The van der Waals surface area contributed by atoms with Crippen molar-refractivity contribution < 1.29 is 14.7 Å². The Kier molecular flexibility index (Phi) is 6.71. The van der Waals surface area contributed by atoms with Gasteiger partial charge in [-0.2, -0.15) is 0 Å². The molecule has 1 saturated heterocycles. The van der Waals surface area contributed by atoms with Gasteiger partial charge in [0.15, 0.2) is 0 Å². The SMILES string of the molecule is CC(C)C(CCCCc1cccc2ccccc12)C(=O)N1CCC[C@H]1C(=O)O. The summed E-state index contributed by atoms with van der Waals surface area (Å²) < 4.78 is 0. The standard InChI is InChI=1S/C24H31NO3/c1-17(2)20(23(26)25-16-8-15-22(25)24(27)28)13-5-3-9-18-11-7-12-19-10-4-6-14-21(18)19/h4,6-7,10-12,14,17,20,22H,3,5,8-9,13,15-16H2,1-2H3,(H,27,28)/t20?,22-/m0/s1. The van der Waals surface area contributed by atoms with Crippen LogP contribution in [0.15, 0.2) is 42.5 Å². The minimum Gasteiger partial charge on any atom is -0.480 e. The number of fused-ring (bicyclic) bond motifs is 1. The fraction of sp³-hybridized carbons (Fsp3) is 0.500. The largest absolute Gasteiger partial charge is 0.480 e. The van der Waals surface area contributed by atoms with E-state index in [4.69, 9.17) is 0 Å². The summed E-state index contributed by atoms with van der Waals surface area (Å²) in [5.41, 5.74) is 1.36. The maximum atomic E-state index is 13.0. The molecular weight excluding hydrogens is 350 g/mol. The Morgan fingerprint density at radius 3 is 2.61 bits per heavy atom. The van der Waals surface area contributed by atoms with Crippen molar-refractivity contribution in [3.63, 3.8) is 0 Å². The van der Waals surface area contributed by atoms with E-state index in [1.807, 2.05) is 0 Å². The highest BCUT2D eigenvalue weighted by Crippen LogP contribution is 2.27. The van der Waals surface area contributed by atoms with Crippen molar-refractivity contribution in [3.05, 3.63) is 48.0 Å². The molecule has 1 amide bonds. The highest BCUT2D eigenvalue weighted by atomic mass is 16.4. The summed E-state index contributed by atoms with van der Waals surface area (Å²) in [6.07, 6.45) is 5.20. The van der Waals surface area contributed by atoms with E-state index in [1.54, 1.807) is 4.90 Å². The summed E-state index contributed by atoms with van der Waals surface area (Å²) in [7, 11) is 0. The van der Waals surface area contributed by atoms with Gasteiger partial charge in [0.2, 0.25) is 5.91 Å². The molecule has 2 atom stereocenters. The number of aliphatic carboxylic acids is 1. The molecule has 1 aliphatic heterocycles. The van der Waals surface area contributed by atoms with E-state index in [2.05, 4.69) is 56.3 Å². The van der Waals surface area contributed by atoms with E-state index in [1.165, 1.54) is 16.3 Å². The summed E-state index contributed by atoms with van der Waals surface area (Å²) in [4.78, 5) is 26.1. The third kappa shape index (κ3) is 4.54. The number of rotatable bonds is 8. The van der Waals surface area contributed by atoms with Crippen LogP contribution in [0.3, 0.4) is 0 Å². The molecule has 0 spiro atoms. The highest BCUT2D eigenvalue weighted by molar-refractivity contribution is 5.86. The van der Waals surface area contributed by atoms with Crippen LogP contribution < -0.4 is 0 Å². The van der Waals surface area contributed by atoms with Crippen molar-refractivity contribution in [1.82, 2.24) is 4.90 Å². The summed E-state index contributed by atoms with van der Waals surface area (Å²) in [6, 6.07) is 14.3. The molecule has 0 radical (unpaired) electrons. The zero-order valence-electron chi connectivity index (χ0n) is 16.9. The number of carbonyl (C=O) groups is 2. The van der Waals surface area contributed by atoms with Crippen LogP contribution in [0.4, 0.5) is 0 Å². The summed E-state index contributed by atoms with van der Waals surface area (Å²) in [5, 5.41) is 12.0. The van der Waals surface area contributed by atoms with Crippen molar-refractivity contribution in [2.45, 2.75) is 58.4 Å². The van der Waals surface area contributed by atoms with Crippen LogP contribution in [0, 0.1) is 11.8 Å². The van der Waals surface area contributed by atoms with E-state index in [-0.39, 0.29) is 17.7 Å². The van der Waals surface area contributed by atoms with Gasteiger partial charge in [-0.05, 0) is 54.4 Å². The first kappa shape index (κ1) is 20.4. The van der Waals surface area contributed by atoms with Crippen LogP contribution in [0.5, 0.6) is 0 Å². The Hall–Kier alpha value is -2.36. The first-order valence-corrected chi connectivity index (χ1v) is 10.5. The predicted molar refractivity (Wildman–Crippen MR) is 112 cm³/mol. The molecule has 0 aliphatic carbocycles. The number of carboxylic acids is 1. The van der Waals surface area contributed by atoms with Crippen LogP contribution in [-0.2, 0) is 16.0 Å². The Bertz CT molecular complexity index is 824. The molecule has 1 N–H and O–H groups in total. The Morgan fingerprint density at radius 2 is 1.86 bits per heavy atom. The van der Waals surface area contributed by atoms with Crippen molar-refractivity contribution in [1.29, 1.82) is 0 Å². The fourth-order valence-corrected chi connectivity index (χ4v) is 4.43. The molecule has 3 rings (SSSR count). The van der Waals surface area contributed by atoms with E-state index in [0.717, 1.165) is 32.1 Å². The number of hydrogen-bond acceptors (Lipinski definition) is 2. The molecule has 28 heavy (non-hydrogen) atoms.